The molecule has 0 radical (unpaired) electrons. The molecule has 1 atom stereocenters. The number of nitrogens with two attached hydrogens (primary N) is 1. The van der Waals surface area contributed by atoms with Gasteiger partial charge in [-0.25, -0.2) is 0 Å². The van der Waals surface area contributed by atoms with Gasteiger partial charge >= 0.3 is 0 Å². The van der Waals surface area contributed by atoms with Gasteiger partial charge in [-0.3, -0.25) is 4.79 Å². The molecule has 0 saturated heterocycles. The normalized spacial score (nSPS) is 22.6. The van der Waals surface area contributed by atoms with E-state index in [9.17, 15) is 4.79 Å². The Bertz CT molecular complexity index is 238. The fourth-order valence-corrected chi connectivity index (χ4v) is 2.76. The van der Waals surface area contributed by atoms with Crippen LogP contribution in [0.1, 0.15) is 51.4 Å². The summed E-state index contributed by atoms with van der Waals surface area (Å²) < 4.78 is 0. The summed E-state index contributed by atoms with van der Waals surface area (Å²) in [6.07, 6.45) is 9.65. The molecule has 0 aromatic rings. The molecule has 0 aromatic carbocycles. The van der Waals surface area contributed by atoms with Gasteiger partial charge in [0.05, 0.1) is 0 Å². The van der Waals surface area contributed by atoms with Crippen molar-refractivity contribution in [1.29, 1.82) is 0 Å². The number of hydrogen-bond acceptors (Lipinski definition) is 2. The van der Waals surface area contributed by atoms with Crippen molar-refractivity contribution in [1.82, 2.24) is 5.32 Å². The molecule has 2 aliphatic carbocycles. The highest BCUT2D eigenvalue weighted by Crippen LogP contribution is 2.32. The average molecular weight is 261 g/mol. The van der Waals surface area contributed by atoms with E-state index in [1.54, 1.807) is 0 Å². The first kappa shape index (κ1) is 14.8. The quantitative estimate of drug-likeness (QED) is 0.797. The fraction of sp³-hybridized carbons (Fsp3) is 0.923. The zero-order chi connectivity index (χ0) is 11.4. The molecule has 0 spiro atoms. The first-order valence-electron chi connectivity index (χ1n) is 6.79. The Morgan fingerprint density at radius 3 is 2.35 bits per heavy atom. The van der Waals surface area contributed by atoms with Crippen molar-refractivity contribution in [2.24, 2.45) is 17.6 Å². The Morgan fingerprint density at radius 1 is 1.18 bits per heavy atom. The van der Waals surface area contributed by atoms with Crippen LogP contribution in [0.25, 0.3) is 0 Å². The van der Waals surface area contributed by atoms with Crippen molar-refractivity contribution in [2.45, 2.75) is 57.4 Å². The largest absolute Gasteiger partial charge is 0.352 e. The van der Waals surface area contributed by atoms with Crippen molar-refractivity contribution in [3.8, 4) is 0 Å². The van der Waals surface area contributed by atoms with E-state index in [1.165, 1.54) is 44.9 Å². The molecule has 1 amide bonds. The number of rotatable bonds is 5. The van der Waals surface area contributed by atoms with Gasteiger partial charge < -0.3 is 11.1 Å². The van der Waals surface area contributed by atoms with Gasteiger partial charge in [0.15, 0.2) is 0 Å². The predicted molar refractivity (Wildman–Crippen MR) is 72.1 cm³/mol. The van der Waals surface area contributed by atoms with Crippen molar-refractivity contribution in [3.63, 3.8) is 0 Å². The third-order valence-corrected chi connectivity index (χ3v) is 3.99. The molecule has 100 valence electrons. The monoisotopic (exact) mass is 260 g/mol. The second-order valence-corrected chi connectivity index (χ2v) is 5.46. The molecule has 4 heteroatoms. The molecule has 2 rings (SSSR count). The lowest BCUT2D eigenvalue weighted by atomic mass is 9.84. The van der Waals surface area contributed by atoms with Crippen LogP contribution in [0.2, 0.25) is 0 Å². The zero-order valence-electron chi connectivity index (χ0n) is 10.5. The maximum atomic E-state index is 11.7. The highest BCUT2D eigenvalue weighted by atomic mass is 35.5. The van der Waals surface area contributed by atoms with Crippen LogP contribution in [0.4, 0.5) is 0 Å². The summed E-state index contributed by atoms with van der Waals surface area (Å²) in [5, 5.41) is 3.14. The van der Waals surface area contributed by atoms with Crippen molar-refractivity contribution >= 4 is 18.3 Å². The molecular weight excluding hydrogens is 236 g/mol. The van der Waals surface area contributed by atoms with Gasteiger partial charge in [0.1, 0.15) is 0 Å². The van der Waals surface area contributed by atoms with Gasteiger partial charge in [-0.1, -0.05) is 19.3 Å². The van der Waals surface area contributed by atoms with E-state index in [0.29, 0.717) is 18.4 Å². The van der Waals surface area contributed by atoms with E-state index < -0.39 is 0 Å². The van der Waals surface area contributed by atoms with Crippen LogP contribution in [0, 0.1) is 11.8 Å². The first-order valence-corrected chi connectivity index (χ1v) is 6.79. The smallest absolute Gasteiger partial charge is 0.220 e. The Kier molecular flexibility index (Phi) is 6.28. The van der Waals surface area contributed by atoms with Crippen LogP contribution >= 0.6 is 12.4 Å². The molecule has 2 fully saturated rings. The summed E-state index contributed by atoms with van der Waals surface area (Å²) in [6, 6.07) is 0.228. The molecule has 17 heavy (non-hydrogen) atoms. The number of carbonyl (C=O) groups excluding carboxylic acids is 1. The molecule has 0 bridgehead atoms. The number of hydrogen-bond donors (Lipinski definition) is 2. The summed E-state index contributed by atoms with van der Waals surface area (Å²) >= 11 is 0. The minimum atomic E-state index is 0. The number of nitrogens with one attached hydrogen (secondary N) is 1. The van der Waals surface area contributed by atoms with E-state index in [2.05, 4.69) is 5.32 Å². The lowest BCUT2D eigenvalue weighted by Crippen LogP contribution is -2.46. The van der Waals surface area contributed by atoms with Crippen LogP contribution in [-0.4, -0.2) is 18.5 Å². The lowest BCUT2D eigenvalue weighted by Gasteiger charge is -2.30. The minimum Gasteiger partial charge on any atom is -0.352 e. The molecule has 3 N–H and O–H groups in total. The molecule has 2 aliphatic rings. The number of halogens is 1. The highest BCUT2D eigenvalue weighted by Gasteiger charge is 2.28. The van der Waals surface area contributed by atoms with E-state index >= 15 is 0 Å². The van der Waals surface area contributed by atoms with Crippen molar-refractivity contribution in [2.75, 3.05) is 6.54 Å². The SMILES string of the molecule is Cl.NCC(NC(=O)CC1CC1)C1CCCCC1. The topological polar surface area (TPSA) is 55.1 Å². The average Bonchev–Trinajstić information content (AvgIpc) is 3.11. The Hall–Kier alpha value is -0.280. The molecule has 0 aliphatic heterocycles. The van der Waals surface area contributed by atoms with Gasteiger partial charge in [0, 0.05) is 19.0 Å². The van der Waals surface area contributed by atoms with E-state index in [4.69, 9.17) is 5.73 Å². The fourth-order valence-electron chi connectivity index (χ4n) is 2.76. The third-order valence-electron chi connectivity index (χ3n) is 3.99. The Labute approximate surface area is 110 Å². The van der Waals surface area contributed by atoms with Crippen molar-refractivity contribution in [3.05, 3.63) is 0 Å². The number of carbonyl (C=O) groups is 1. The summed E-state index contributed by atoms with van der Waals surface area (Å²) in [5.41, 5.74) is 5.78. The van der Waals surface area contributed by atoms with Gasteiger partial charge in [-0.15, -0.1) is 12.4 Å². The molecule has 0 heterocycles. The first-order chi connectivity index (χ1) is 7.79. The third kappa shape index (κ3) is 4.84. The van der Waals surface area contributed by atoms with E-state index in [-0.39, 0.29) is 24.4 Å². The van der Waals surface area contributed by atoms with Crippen LogP contribution < -0.4 is 11.1 Å². The summed E-state index contributed by atoms with van der Waals surface area (Å²) in [6.45, 7) is 0.598. The Balaban J connectivity index is 0.00000144. The molecule has 0 aromatic heterocycles. The van der Waals surface area contributed by atoms with Crippen LogP contribution in [0.5, 0.6) is 0 Å². The second-order valence-electron chi connectivity index (χ2n) is 5.46. The van der Waals surface area contributed by atoms with E-state index in [1.807, 2.05) is 0 Å². The highest BCUT2D eigenvalue weighted by molar-refractivity contribution is 5.85. The van der Waals surface area contributed by atoms with Crippen molar-refractivity contribution < 1.29 is 4.79 Å². The maximum absolute atomic E-state index is 11.7. The molecule has 2 saturated carbocycles. The van der Waals surface area contributed by atoms with Crippen LogP contribution in [0.3, 0.4) is 0 Å². The van der Waals surface area contributed by atoms with Gasteiger partial charge in [-0.2, -0.15) is 0 Å². The standard InChI is InChI=1S/C13H24N2O.ClH/c14-9-12(11-4-2-1-3-5-11)15-13(16)8-10-6-7-10;/h10-12H,1-9,14H2,(H,15,16);1H. The van der Waals surface area contributed by atoms with Gasteiger partial charge in [0.25, 0.3) is 0 Å². The van der Waals surface area contributed by atoms with Gasteiger partial charge in [-0.05, 0) is 37.5 Å². The molecular formula is C13H25ClN2O. The lowest BCUT2D eigenvalue weighted by molar-refractivity contribution is -0.122. The maximum Gasteiger partial charge on any atom is 0.220 e. The Morgan fingerprint density at radius 2 is 1.82 bits per heavy atom. The summed E-state index contributed by atoms with van der Waals surface area (Å²) in [7, 11) is 0. The zero-order valence-corrected chi connectivity index (χ0v) is 11.3. The van der Waals surface area contributed by atoms with Gasteiger partial charge in [0.2, 0.25) is 5.91 Å². The molecule has 1 unspecified atom stereocenters. The van der Waals surface area contributed by atoms with Crippen LogP contribution in [0.15, 0.2) is 0 Å². The van der Waals surface area contributed by atoms with E-state index in [0.717, 1.165) is 6.42 Å². The molecule has 3 nitrogen and oxygen atoms in total. The van der Waals surface area contributed by atoms with Crippen LogP contribution in [-0.2, 0) is 4.79 Å². The predicted octanol–water partition coefficient (Wildman–Crippen LogP) is 2.23. The summed E-state index contributed by atoms with van der Waals surface area (Å²) in [5.74, 6) is 1.52. The second kappa shape index (κ2) is 7.22. The summed E-state index contributed by atoms with van der Waals surface area (Å²) in [4.78, 5) is 11.7. The number of amides is 1. The minimum absolute atomic E-state index is 0.